The van der Waals surface area contributed by atoms with Gasteiger partial charge in [-0.2, -0.15) is 0 Å². The summed E-state index contributed by atoms with van der Waals surface area (Å²) in [6.45, 7) is 4.68. The lowest BCUT2D eigenvalue weighted by Gasteiger charge is -2.21. The van der Waals surface area contributed by atoms with Gasteiger partial charge in [0.25, 0.3) is 0 Å². The number of hydrogen-bond donors (Lipinski definition) is 0. The van der Waals surface area contributed by atoms with Gasteiger partial charge in [0.2, 0.25) is 0 Å². The van der Waals surface area contributed by atoms with Crippen molar-refractivity contribution in [2.45, 2.75) is 25.7 Å². The molecular formula is C43H31N3. The summed E-state index contributed by atoms with van der Waals surface area (Å²) in [4.78, 5) is 15.1. The monoisotopic (exact) mass is 589 g/mol. The number of hydrogen-bond acceptors (Lipinski definition) is 3. The summed E-state index contributed by atoms with van der Waals surface area (Å²) in [6.07, 6.45) is 0.893. The van der Waals surface area contributed by atoms with Crippen LogP contribution in [0.25, 0.3) is 67.5 Å². The van der Waals surface area contributed by atoms with Gasteiger partial charge in [0.1, 0.15) is 0 Å². The first-order chi connectivity index (χ1) is 22.6. The van der Waals surface area contributed by atoms with E-state index in [-0.39, 0.29) is 5.41 Å². The average molecular weight is 590 g/mol. The van der Waals surface area contributed by atoms with E-state index >= 15 is 0 Å². The van der Waals surface area contributed by atoms with E-state index in [9.17, 15) is 0 Å². The highest BCUT2D eigenvalue weighted by molar-refractivity contribution is 5.96. The Hall–Kier alpha value is -5.67. The molecule has 218 valence electrons. The van der Waals surface area contributed by atoms with Crippen LogP contribution >= 0.6 is 0 Å². The van der Waals surface area contributed by atoms with Crippen LogP contribution in [-0.4, -0.2) is 15.0 Å². The molecule has 0 saturated carbocycles. The summed E-state index contributed by atoms with van der Waals surface area (Å²) in [6, 6.07) is 49.6. The lowest BCUT2D eigenvalue weighted by atomic mass is 9.82. The van der Waals surface area contributed by atoms with Gasteiger partial charge in [0, 0.05) is 22.1 Å². The predicted molar refractivity (Wildman–Crippen MR) is 187 cm³/mol. The third-order valence-electron chi connectivity index (χ3n) is 9.77. The number of benzene rings is 6. The van der Waals surface area contributed by atoms with E-state index in [1.54, 1.807) is 0 Å². The third-order valence-corrected chi connectivity index (χ3v) is 9.77. The first-order valence-electron chi connectivity index (χ1n) is 15.9. The highest BCUT2D eigenvalue weighted by Crippen LogP contribution is 2.53. The Labute approximate surface area is 269 Å². The molecule has 0 unspecified atom stereocenters. The van der Waals surface area contributed by atoms with E-state index in [0.29, 0.717) is 17.5 Å². The molecule has 46 heavy (non-hydrogen) atoms. The zero-order valence-corrected chi connectivity index (χ0v) is 25.8. The maximum Gasteiger partial charge on any atom is 0.164 e. The summed E-state index contributed by atoms with van der Waals surface area (Å²) < 4.78 is 0. The molecule has 7 aromatic rings. The van der Waals surface area contributed by atoms with E-state index < -0.39 is 0 Å². The lowest BCUT2D eigenvalue weighted by Crippen LogP contribution is -2.14. The van der Waals surface area contributed by atoms with E-state index in [0.717, 1.165) is 23.1 Å². The van der Waals surface area contributed by atoms with Crippen molar-refractivity contribution in [3.8, 4) is 67.5 Å². The molecule has 0 atom stereocenters. The van der Waals surface area contributed by atoms with Crippen molar-refractivity contribution < 1.29 is 0 Å². The minimum atomic E-state index is -0.0377. The molecule has 0 saturated heterocycles. The van der Waals surface area contributed by atoms with E-state index in [4.69, 9.17) is 15.0 Å². The van der Waals surface area contributed by atoms with Crippen LogP contribution in [0, 0.1) is 0 Å². The molecule has 0 bridgehead atoms. The van der Waals surface area contributed by atoms with Crippen molar-refractivity contribution >= 4 is 0 Å². The maximum atomic E-state index is 5.10. The average Bonchev–Trinajstić information content (AvgIpc) is 3.61. The van der Waals surface area contributed by atoms with Crippen molar-refractivity contribution in [2.24, 2.45) is 0 Å². The van der Waals surface area contributed by atoms with Gasteiger partial charge in [-0.05, 0) is 68.1 Å². The van der Waals surface area contributed by atoms with Crippen molar-refractivity contribution in [1.82, 2.24) is 15.0 Å². The summed E-state index contributed by atoms with van der Waals surface area (Å²) in [5.74, 6) is 2.05. The molecule has 0 amide bonds. The first kappa shape index (κ1) is 26.7. The number of nitrogens with zero attached hydrogens (tertiary/aromatic N) is 3. The minimum absolute atomic E-state index is 0.0377. The van der Waals surface area contributed by atoms with Gasteiger partial charge in [0.05, 0.1) is 0 Å². The van der Waals surface area contributed by atoms with Crippen molar-refractivity contribution in [2.75, 3.05) is 0 Å². The normalized spacial score (nSPS) is 13.5. The van der Waals surface area contributed by atoms with Gasteiger partial charge in [-0.15, -0.1) is 0 Å². The van der Waals surface area contributed by atoms with E-state index in [1.807, 2.05) is 36.4 Å². The summed E-state index contributed by atoms with van der Waals surface area (Å²) in [7, 11) is 0. The Morgan fingerprint density at radius 2 is 1.00 bits per heavy atom. The molecule has 9 rings (SSSR count). The second kappa shape index (κ2) is 10.2. The molecule has 1 aromatic heterocycles. The molecule has 6 aromatic carbocycles. The molecule has 0 N–H and O–H groups in total. The fraction of sp³-hybridized carbons (Fsp3) is 0.0930. The Balaban J connectivity index is 1.23. The quantitative estimate of drug-likeness (QED) is 0.205. The molecule has 0 aliphatic heterocycles. The lowest BCUT2D eigenvalue weighted by molar-refractivity contribution is 0.660. The molecule has 3 heteroatoms. The number of fused-ring (bicyclic) bond motifs is 6. The Morgan fingerprint density at radius 1 is 0.413 bits per heavy atom. The zero-order valence-electron chi connectivity index (χ0n) is 25.8. The van der Waals surface area contributed by atoms with Crippen molar-refractivity contribution in [3.05, 3.63) is 162 Å². The summed E-state index contributed by atoms with van der Waals surface area (Å²) in [5.41, 5.74) is 16.0. The summed E-state index contributed by atoms with van der Waals surface area (Å²) in [5, 5.41) is 0. The maximum absolute atomic E-state index is 5.10. The topological polar surface area (TPSA) is 38.7 Å². The molecule has 0 radical (unpaired) electrons. The molecule has 0 fully saturated rings. The zero-order chi connectivity index (χ0) is 30.8. The standard InChI is InChI=1S/C43H31N3/c1-43(2)36-21-10-9-18-33(36)39-32(19-12-22-37(39)43)30-24-23-29-25-31-17-11-20-34(38(31)35(29)26-30)42-45-40(27-13-5-3-6-14-27)44-41(46-42)28-15-7-4-8-16-28/h3-24,26H,25H2,1-2H3. The van der Waals surface area contributed by atoms with Crippen molar-refractivity contribution in [1.29, 1.82) is 0 Å². The van der Waals surface area contributed by atoms with E-state index in [1.165, 1.54) is 55.6 Å². The third kappa shape index (κ3) is 4.09. The number of aromatic nitrogens is 3. The van der Waals surface area contributed by atoms with Crippen LogP contribution in [0.1, 0.15) is 36.1 Å². The molecule has 0 spiro atoms. The molecule has 2 aliphatic rings. The molecule has 3 nitrogen and oxygen atoms in total. The molecule has 1 heterocycles. The van der Waals surface area contributed by atoms with Crippen LogP contribution in [0.5, 0.6) is 0 Å². The van der Waals surface area contributed by atoms with Gasteiger partial charge in [-0.25, -0.2) is 15.0 Å². The Kier molecular flexibility index (Phi) is 5.91. The van der Waals surface area contributed by atoms with Gasteiger partial charge in [-0.3, -0.25) is 0 Å². The van der Waals surface area contributed by atoms with Gasteiger partial charge >= 0.3 is 0 Å². The largest absolute Gasteiger partial charge is 0.208 e. The first-order valence-corrected chi connectivity index (χ1v) is 15.9. The molecular weight excluding hydrogens is 558 g/mol. The number of rotatable bonds is 4. The highest BCUT2D eigenvalue weighted by atomic mass is 15.0. The Bertz CT molecular complexity index is 2240. The van der Waals surface area contributed by atoms with Crippen LogP contribution in [-0.2, 0) is 11.8 Å². The van der Waals surface area contributed by atoms with Crippen LogP contribution in [0.4, 0.5) is 0 Å². The summed E-state index contributed by atoms with van der Waals surface area (Å²) >= 11 is 0. The van der Waals surface area contributed by atoms with E-state index in [2.05, 4.69) is 117 Å². The molecule has 2 aliphatic carbocycles. The van der Waals surface area contributed by atoms with Crippen LogP contribution in [0.3, 0.4) is 0 Å². The van der Waals surface area contributed by atoms with Crippen molar-refractivity contribution in [3.63, 3.8) is 0 Å². The fourth-order valence-electron chi connectivity index (χ4n) is 7.51. The van der Waals surface area contributed by atoms with Gasteiger partial charge < -0.3 is 0 Å². The minimum Gasteiger partial charge on any atom is -0.208 e. The SMILES string of the molecule is CC1(C)c2ccccc2-c2c(-c3ccc4c(c3)-c3c(cccc3-c3nc(-c5ccccc5)nc(-c5ccccc5)n3)C4)cccc21. The van der Waals surface area contributed by atoms with Gasteiger partial charge in [0.15, 0.2) is 17.5 Å². The van der Waals surface area contributed by atoms with Crippen LogP contribution in [0.2, 0.25) is 0 Å². The second-order valence-electron chi connectivity index (χ2n) is 12.8. The fourth-order valence-corrected chi connectivity index (χ4v) is 7.51. The highest BCUT2D eigenvalue weighted by Gasteiger charge is 2.36. The van der Waals surface area contributed by atoms with Crippen LogP contribution < -0.4 is 0 Å². The predicted octanol–water partition coefficient (Wildman–Crippen LogP) is 10.4. The van der Waals surface area contributed by atoms with Gasteiger partial charge in [-0.1, -0.05) is 147 Å². The Morgan fingerprint density at radius 3 is 1.74 bits per heavy atom. The second-order valence-corrected chi connectivity index (χ2v) is 12.8. The van der Waals surface area contributed by atoms with Crippen LogP contribution in [0.15, 0.2) is 140 Å². The smallest absolute Gasteiger partial charge is 0.164 e.